The van der Waals surface area contributed by atoms with Crippen LogP contribution in [0.1, 0.15) is 44.9 Å². The molecule has 0 aromatic rings. The van der Waals surface area contributed by atoms with Crippen molar-refractivity contribution in [1.29, 1.82) is 0 Å². The lowest BCUT2D eigenvalue weighted by atomic mass is 9.89. The van der Waals surface area contributed by atoms with Gasteiger partial charge in [0.15, 0.2) is 0 Å². The summed E-state index contributed by atoms with van der Waals surface area (Å²) in [6.07, 6.45) is 10.3. The highest BCUT2D eigenvalue weighted by Crippen LogP contribution is 2.22. The topological polar surface area (TPSA) is 21.3 Å². The third-order valence-corrected chi connectivity index (χ3v) is 3.55. The Bertz CT molecular complexity index is 154. The third-order valence-electron chi connectivity index (χ3n) is 3.55. The maximum Gasteiger partial charge on any atom is 0.0700 e. The number of nitrogens with one attached hydrogen (secondary N) is 1. The zero-order valence-electron chi connectivity index (χ0n) is 9.54. The Hall–Kier alpha value is 0.210. The molecule has 1 unspecified atom stereocenters. The molecule has 0 amide bonds. The van der Waals surface area contributed by atoms with Crippen molar-refractivity contribution in [3.05, 3.63) is 0 Å². The predicted molar refractivity (Wildman–Crippen MR) is 65.7 cm³/mol. The normalized spacial score (nSPS) is 27.6. The predicted octanol–water partition coefficient (Wildman–Crippen LogP) is 2.76. The molecule has 15 heavy (non-hydrogen) atoms. The summed E-state index contributed by atoms with van der Waals surface area (Å²) in [5.74, 6) is 0.949. The van der Waals surface area contributed by atoms with Crippen molar-refractivity contribution in [2.75, 3.05) is 19.7 Å². The van der Waals surface area contributed by atoms with Gasteiger partial charge in [0, 0.05) is 13.2 Å². The fourth-order valence-electron chi connectivity index (χ4n) is 2.65. The molecule has 2 fully saturated rings. The molecule has 1 aliphatic heterocycles. The summed E-state index contributed by atoms with van der Waals surface area (Å²) >= 11 is 0. The molecule has 2 rings (SSSR count). The molecule has 0 spiro atoms. The molecule has 1 saturated heterocycles. The lowest BCUT2D eigenvalue weighted by molar-refractivity contribution is 0.108. The maximum atomic E-state index is 5.58. The molecule has 2 aliphatic rings. The molecular formula is C12H24ClNO. The van der Waals surface area contributed by atoms with E-state index in [-0.39, 0.29) is 12.4 Å². The molecule has 1 atom stereocenters. The van der Waals surface area contributed by atoms with Crippen LogP contribution in [-0.4, -0.2) is 25.8 Å². The Morgan fingerprint density at radius 3 is 2.40 bits per heavy atom. The Morgan fingerprint density at radius 2 is 1.73 bits per heavy atom. The van der Waals surface area contributed by atoms with Gasteiger partial charge in [-0.2, -0.15) is 0 Å². The SMILES string of the molecule is C1CCC(CNCC2CCCO2)CC1.Cl. The average molecular weight is 234 g/mol. The van der Waals surface area contributed by atoms with Crippen LogP contribution in [0, 0.1) is 5.92 Å². The minimum Gasteiger partial charge on any atom is -0.377 e. The first kappa shape index (κ1) is 13.3. The molecular weight excluding hydrogens is 210 g/mol. The minimum atomic E-state index is 0. The van der Waals surface area contributed by atoms with E-state index in [2.05, 4.69) is 5.32 Å². The lowest BCUT2D eigenvalue weighted by Gasteiger charge is -2.22. The van der Waals surface area contributed by atoms with Gasteiger partial charge in [-0.3, -0.25) is 0 Å². The molecule has 0 aromatic carbocycles. The minimum absolute atomic E-state index is 0. The molecule has 0 bridgehead atoms. The van der Waals surface area contributed by atoms with Crippen LogP contribution in [0.2, 0.25) is 0 Å². The molecule has 1 aliphatic carbocycles. The van der Waals surface area contributed by atoms with Gasteiger partial charge in [-0.15, -0.1) is 12.4 Å². The first-order valence-electron chi connectivity index (χ1n) is 6.27. The van der Waals surface area contributed by atoms with Crippen molar-refractivity contribution in [1.82, 2.24) is 5.32 Å². The van der Waals surface area contributed by atoms with E-state index in [0.29, 0.717) is 6.10 Å². The van der Waals surface area contributed by atoms with Crippen LogP contribution in [-0.2, 0) is 4.74 Å². The van der Waals surface area contributed by atoms with Crippen LogP contribution < -0.4 is 5.32 Å². The number of rotatable bonds is 4. The molecule has 0 aromatic heterocycles. The zero-order chi connectivity index (χ0) is 9.64. The Kier molecular flexibility index (Phi) is 6.62. The summed E-state index contributed by atoms with van der Waals surface area (Å²) in [4.78, 5) is 0. The maximum absolute atomic E-state index is 5.58. The van der Waals surface area contributed by atoms with Gasteiger partial charge in [0.1, 0.15) is 0 Å². The van der Waals surface area contributed by atoms with E-state index in [1.807, 2.05) is 0 Å². The second kappa shape index (κ2) is 7.48. The van der Waals surface area contributed by atoms with E-state index in [4.69, 9.17) is 4.74 Å². The third kappa shape index (κ3) is 4.71. The Labute approximate surface area is 99.6 Å². The molecule has 1 N–H and O–H groups in total. The highest BCUT2D eigenvalue weighted by Gasteiger charge is 2.16. The van der Waals surface area contributed by atoms with Gasteiger partial charge in [-0.05, 0) is 38.1 Å². The number of hydrogen-bond acceptors (Lipinski definition) is 2. The summed E-state index contributed by atoms with van der Waals surface area (Å²) < 4.78 is 5.58. The molecule has 2 nitrogen and oxygen atoms in total. The summed E-state index contributed by atoms with van der Waals surface area (Å²) in [5, 5.41) is 3.57. The van der Waals surface area contributed by atoms with Crippen molar-refractivity contribution in [2.24, 2.45) is 5.92 Å². The first-order chi connectivity index (χ1) is 6.95. The number of hydrogen-bond donors (Lipinski definition) is 1. The lowest BCUT2D eigenvalue weighted by Crippen LogP contribution is -2.31. The van der Waals surface area contributed by atoms with Crippen molar-refractivity contribution < 1.29 is 4.74 Å². The fraction of sp³-hybridized carbons (Fsp3) is 1.00. The first-order valence-corrected chi connectivity index (χ1v) is 6.27. The van der Waals surface area contributed by atoms with E-state index >= 15 is 0 Å². The Morgan fingerprint density at radius 1 is 0.933 bits per heavy atom. The summed E-state index contributed by atoms with van der Waals surface area (Å²) in [6, 6.07) is 0. The molecule has 3 heteroatoms. The average Bonchev–Trinajstić information content (AvgIpc) is 2.72. The van der Waals surface area contributed by atoms with Crippen molar-refractivity contribution in [3.8, 4) is 0 Å². The molecule has 90 valence electrons. The smallest absolute Gasteiger partial charge is 0.0700 e. The molecule has 1 saturated carbocycles. The number of halogens is 1. The Balaban J connectivity index is 0.00000112. The number of ether oxygens (including phenoxy) is 1. The zero-order valence-corrected chi connectivity index (χ0v) is 10.4. The van der Waals surface area contributed by atoms with Crippen molar-refractivity contribution in [2.45, 2.75) is 51.0 Å². The van der Waals surface area contributed by atoms with E-state index in [9.17, 15) is 0 Å². The largest absolute Gasteiger partial charge is 0.377 e. The van der Waals surface area contributed by atoms with E-state index in [0.717, 1.165) is 19.1 Å². The van der Waals surface area contributed by atoms with Crippen LogP contribution in [0.3, 0.4) is 0 Å². The van der Waals surface area contributed by atoms with Crippen molar-refractivity contribution in [3.63, 3.8) is 0 Å². The highest BCUT2D eigenvalue weighted by atomic mass is 35.5. The molecule has 1 heterocycles. The van der Waals surface area contributed by atoms with Gasteiger partial charge in [-0.1, -0.05) is 19.3 Å². The van der Waals surface area contributed by atoms with Gasteiger partial charge in [-0.25, -0.2) is 0 Å². The second-order valence-corrected chi connectivity index (χ2v) is 4.80. The van der Waals surface area contributed by atoms with Gasteiger partial charge in [0.25, 0.3) is 0 Å². The van der Waals surface area contributed by atoms with Crippen LogP contribution >= 0.6 is 12.4 Å². The van der Waals surface area contributed by atoms with Gasteiger partial charge in [0.2, 0.25) is 0 Å². The van der Waals surface area contributed by atoms with Gasteiger partial charge < -0.3 is 10.1 Å². The van der Waals surface area contributed by atoms with Crippen molar-refractivity contribution >= 4 is 12.4 Å². The monoisotopic (exact) mass is 233 g/mol. The molecule has 0 radical (unpaired) electrons. The van der Waals surface area contributed by atoms with Gasteiger partial charge in [0.05, 0.1) is 6.10 Å². The quantitative estimate of drug-likeness (QED) is 0.807. The summed E-state index contributed by atoms with van der Waals surface area (Å²) in [7, 11) is 0. The van der Waals surface area contributed by atoms with Crippen LogP contribution in [0.4, 0.5) is 0 Å². The van der Waals surface area contributed by atoms with Crippen LogP contribution in [0.5, 0.6) is 0 Å². The highest BCUT2D eigenvalue weighted by molar-refractivity contribution is 5.85. The summed E-state index contributed by atoms with van der Waals surface area (Å²) in [5.41, 5.74) is 0. The van der Waals surface area contributed by atoms with Crippen LogP contribution in [0.25, 0.3) is 0 Å². The fourth-order valence-corrected chi connectivity index (χ4v) is 2.65. The standard InChI is InChI=1S/C12H23NO.ClH/c1-2-5-11(6-3-1)9-13-10-12-7-4-8-14-12;/h11-13H,1-10H2;1H. The van der Waals surface area contributed by atoms with E-state index in [1.165, 1.54) is 51.5 Å². The van der Waals surface area contributed by atoms with E-state index < -0.39 is 0 Å². The van der Waals surface area contributed by atoms with Crippen LogP contribution in [0.15, 0.2) is 0 Å². The van der Waals surface area contributed by atoms with E-state index in [1.54, 1.807) is 0 Å². The summed E-state index contributed by atoms with van der Waals surface area (Å²) in [6.45, 7) is 3.28. The second-order valence-electron chi connectivity index (χ2n) is 4.80. The van der Waals surface area contributed by atoms with Gasteiger partial charge >= 0.3 is 0 Å².